The van der Waals surface area contributed by atoms with Gasteiger partial charge in [0.2, 0.25) is 0 Å². The van der Waals surface area contributed by atoms with Crippen molar-refractivity contribution in [2.24, 2.45) is 0 Å². The van der Waals surface area contributed by atoms with Crippen LogP contribution in [-0.4, -0.2) is 32.7 Å². The number of carbonyl (C=O) groups is 1. The summed E-state index contributed by atoms with van der Waals surface area (Å²) in [6, 6.07) is 14.4. The number of carbonyl (C=O) groups excluding carboxylic acids is 1. The lowest BCUT2D eigenvalue weighted by atomic mass is 10.1. The number of aliphatic hydroxyl groups is 1. The number of para-hydroxylation sites is 2. The third kappa shape index (κ3) is 3.95. The van der Waals surface area contributed by atoms with Crippen LogP contribution in [0.1, 0.15) is 30.6 Å². The zero-order valence-electron chi connectivity index (χ0n) is 15.6. The Hall–Kier alpha value is -2.86. The van der Waals surface area contributed by atoms with Crippen LogP contribution in [0, 0.1) is 0 Å². The highest BCUT2D eigenvalue weighted by Crippen LogP contribution is 2.15. The van der Waals surface area contributed by atoms with Crippen molar-refractivity contribution in [1.29, 1.82) is 0 Å². The molecule has 1 heterocycles. The number of rotatable bonds is 8. The highest BCUT2D eigenvalue weighted by atomic mass is 16.5. The first-order valence-electron chi connectivity index (χ1n) is 9.17. The maximum absolute atomic E-state index is 12.6. The van der Waals surface area contributed by atoms with E-state index in [9.17, 15) is 14.7 Å². The van der Waals surface area contributed by atoms with E-state index in [1.54, 1.807) is 33.4 Å². The van der Waals surface area contributed by atoms with Crippen molar-refractivity contribution in [3.05, 3.63) is 64.6 Å². The van der Waals surface area contributed by atoms with Crippen molar-refractivity contribution in [3.63, 3.8) is 0 Å². The number of benzene rings is 2. The number of ketones is 1. The molecule has 1 atom stereocenters. The molecule has 0 bridgehead atoms. The van der Waals surface area contributed by atoms with Gasteiger partial charge >= 0.3 is 5.69 Å². The van der Waals surface area contributed by atoms with Crippen molar-refractivity contribution in [2.75, 3.05) is 6.61 Å². The first kappa shape index (κ1) is 18.9. The number of ether oxygens (including phenoxy) is 1. The summed E-state index contributed by atoms with van der Waals surface area (Å²) in [4.78, 5) is 24.2. The van der Waals surface area contributed by atoms with E-state index in [-0.39, 0.29) is 24.6 Å². The van der Waals surface area contributed by atoms with E-state index < -0.39 is 6.10 Å². The summed E-state index contributed by atoms with van der Waals surface area (Å²) in [6.07, 6.45) is -0.380. The van der Waals surface area contributed by atoms with E-state index in [2.05, 4.69) is 0 Å². The van der Waals surface area contributed by atoms with Crippen LogP contribution < -0.4 is 10.4 Å². The molecule has 0 saturated carbocycles. The SMILES string of the molecule is CCC(=O)c1ccc(OCC(O)Cn2c(=O)n(CC)c3ccccc32)cc1. The van der Waals surface area contributed by atoms with Gasteiger partial charge in [-0.15, -0.1) is 0 Å². The second-order valence-corrected chi connectivity index (χ2v) is 6.39. The molecule has 6 nitrogen and oxygen atoms in total. The molecule has 142 valence electrons. The summed E-state index contributed by atoms with van der Waals surface area (Å²) in [5.41, 5.74) is 2.16. The molecule has 3 aromatic rings. The van der Waals surface area contributed by atoms with Gasteiger partial charge in [-0.25, -0.2) is 4.79 Å². The highest BCUT2D eigenvalue weighted by molar-refractivity contribution is 5.95. The molecule has 0 fully saturated rings. The van der Waals surface area contributed by atoms with Crippen molar-refractivity contribution in [2.45, 2.75) is 39.5 Å². The lowest BCUT2D eigenvalue weighted by Crippen LogP contribution is -2.31. The molecule has 3 rings (SSSR count). The van der Waals surface area contributed by atoms with E-state index in [4.69, 9.17) is 4.74 Å². The van der Waals surface area contributed by atoms with Gasteiger partial charge in [0.1, 0.15) is 18.5 Å². The van der Waals surface area contributed by atoms with E-state index in [1.165, 1.54) is 0 Å². The first-order chi connectivity index (χ1) is 13.0. The fourth-order valence-corrected chi connectivity index (χ4v) is 3.15. The number of hydrogen-bond acceptors (Lipinski definition) is 4. The van der Waals surface area contributed by atoms with Crippen molar-refractivity contribution < 1.29 is 14.6 Å². The molecule has 0 spiro atoms. The Balaban J connectivity index is 1.69. The molecule has 2 aromatic carbocycles. The van der Waals surface area contributed by atoms with Crippen LogP contribution in [0.15, 0.2) is 53.3 Å². The van der Waals surface area contributed by atoms with Crippen molar-refractivity contribution in [3.8, 4) is 5.75 Å². The third-order valence-electron chi connectivity index (χ3n) is 4.57. The molecule has 0 aliphatic carbocycles. The van der Waals surface area contributed by atoms with Gasteiger partial charge in [0, 0.05) is 18.5 Å². The van der Waals surface area contributed by atoms with Gasteiger partial charge in [0.25, 0.3) is 0 Å². The summed E-state index contributed by atoms with van der Waals surface area (Å²) in [6.45, 7) is 4.52. The fraction of sp³-hybridized carbons (Fsp3) is 0.333. The zero-order valence-corrected chi connectivity index (χ0v) is 15.6. The molecule has 1 N–H and O–H groups in total. The van der Waals surface area contributed by atoms with Crippen LogP contribution in [0.5, 0.6) is 5.75 Å². The molecule has 0 aliphatic heterocycles. The van der Waals surface area contributed by atoms with Gasteiger partial charge in [-0.05, 0) is 43.3 Å². The predicted molar refractivity (Wildman–Crippen MR) is 104 cm³/mol. The van der Waals surface area contributed by atoms with E-state index in [1.807, 2.05) is 38.1 Å². The van der Waals surface area contributed by atoms with Crippen LogP contribution in [0.25, 0.3) is 11.0 Å². The number of imidazole rings is 1. The Kier molecular flexibility index (Phi) is 5.76. The number of hydrogen-bond donors (Lipinski definition) is 1. The van der Waals surface area contributed by atoms with Gasteiger partial charge in [0.05, 0.1) is 17.6 Å². The van der Waals surface area contributed by atoms with Gasteiger partial charge in [-0.2, -0.15) is 0 Å². The summed E-state index contributed by atoms with van der Waals surface area (Å²) >= 11 is 0. The highest BCUT2D eigenvalue weighted by Gasteiger charge is 2.15. The van der Waals surface area contributed by atoms with E-state index >= 15 is 0 Å². The molecular weight excluding hydrogens is 344 g/mol. The average molecular weight is 368 g/mol. The van der Waals surface area contributed by atoms with Crippen molar-refractivity contribution >= 4 is 16.8 Å². The normalized spacial score (nSPS) is 12.3. The molecule has 0 radical (unpaired) electrons. The quantitative estimate of drug-likeness (QED) is 0.621. The van der Waals surface area contributed by atoms with Crippen LogP contribution in [0.4, 0.5) is 0 Å². The van der Waals surface area contributed by atoms with E-state index in [0.717, 1.165) is 11.0 Å². The Labute approximate surface area is 157 Å². The number of aromatic nitrogens is 2. The number of fused-ring (bicyclic) bond motifs is 1. The van der Waals surface area contributed by atoms with Crippen LogP contribution >= 0.6 is 0 Å². The molecule has 6 heteroatoms. The predicted octanol–water partition coefficient (Wildman–Crippen LogP) is 2.86. The molecule has 0 saturated heterocycles. The lowest BCUT2D eigenvalue weighted by molar-refractivity contribution is 0.0923. The fourth-order valence-electron chi connectivity index (χ4n) is 3.15. The molecule has 1 aromatic heterocycles. The number of Topliss-reactive ketones (excluding diaryl/α,β-unsaturated/α-hetero) is 1. The second-order valence-electron chi connectivity index (χ2n) is 6.39. The van der Waals surface area contributed by atoms with Gasteiger partial charge < -0.3 is 9.84 Å². The third-order valence-corrected chi connectivity index (χ3v) is 4.57. The van der Waals surface area contributed by atoms with Crippen molar-refractivity contribution in [1.82, 2.24) is 9.13 Å². The minimum Gasteiger partial charge on any atom is -0.491 e. The van der Waals surface area contributed by atoms with Gasteiger partial charge in [-0.1, -0.05) is 19.1 Å². The summed E-state index contributed by atoms with van der Waals surface area (Å²) < 4.78 is 8.88. The van der Waals surface area contributed by atoms with E-state index in [0.29, 0.717) is 24.3 Å². The lowest BCUT2D eigenvalue weighted by Gasteiger charge is -2.13. The van der Waals surface area contributed by atoms with Crippen LogP contribution in [0.2, 0.25) is 0 Å². The Morgan fingerprint density at radius 1 is 1.04 bits per heavy atom. The monoisotopic (exact) mass is 368 g/mol. The maximum atomic E-state index is 12.6. The molecule has 1 unspecified atom stereocenters. The second kappa shape index (κ2) is 8.22. The average Bonchev–Trinajstić information content (AvgIpc) is 2.97. The smallest absolute Gasteiger partial charge is 0.329 e. The molecular formula is C21H24N2O4. The standard InChI is InChI=1S/C21H24N2O4/c1-3-20(25)15-9-11-17(12-10-15)27-14-16(24)13-23-19-8-6-5-7-18(19)22(4-2)21(23)26/h5-12,16,24H,3-4,13-14H2,1-2H3. The Morgan fingerprint density at radius 2 is 1.67 bits per heavy atom. The largest absolute Gasteiger partial charge is 0.491 e. The summed E-state index contributed by atoms with van der Waals surface area (Å²) in [7, 11) is 0. The minimum atomic E-state index is -0.837. The minimum absolute atomic E-state index is 0.0547. The van der Waals surface area contributed by atoms with Crippen LogP contribution in [0.3, 0.4) is 0 Å². The number of nitrogens with zero attached hydrogens (tertiary/aromatic N) is 2. The first-order valence-corrected chi connectivity index (χ1v) is 9.17. The zero-order chi connectivity index (χ0) is 19.4. The molecule has 27 heavy (non-hydrogen) atoms. The number of aliphatic hydroxyl groups excluding tert-OH is 1. The maximum Gasteiger partial charge on any atom is 0.329 e. The summed E-state index contributed by atoms with van der Waals surface area (Å²) in [5, 5.41) is 10.4. The number of aryl methyl sites for hydroxylation is 1. The summed E-state index contributed by atoms with van der Waals surface area (Å²) in [5.74, 6) is 0.651. The Bertz CT molecular complexity index is 986. The van der Waals surface area contributed by atoms with Gasteiger partial charge in [-0.3, -0.25) is 13.9 Å². The topological polar surface area (TPSA) is 73.5 Å². The Morgan fingerprint density at radius 3 is 2.26 bits per heavy atom. The van der Waals surface area contributed by atoms with Crippen LogP contribution in [-0.2, 0) is 13.1 Å². The molecule has 0 amide bonds. The van der Waals surface area contributed by atoms with Gasteiger partial charge in [0.15, 0.2) is 5.78 Å². The molecule has 0 aliphatic rings.